The third-order valence-corrected chi connectivity index (χ3v) is 5.20. The summed E-state index contributed by atoms with van der Waals surface area (Å²) >= 11 is 0. The molecule has 5 heteroatoms. The van der Waals surface area contributed by atoms with Crippen molar-refractivity contribution in [3.63, 3.8) is 0 Å². The summed E-state index contributed by atoms with van der Waals surface area (Å²) in [5.74, 6) is -0.278. The Morgan fingerprint density at radius 1 is 0.839 bits per heavy atom. The Morgan fingerprint density at radius 3 is 2.29 bits per heavy atom. The maximum Gasteiger partial charge on any atom is 0.242 e. The number of nitrogens with one attached hydrogen (secondary N) is 3. The average molecular weight is 418 g/mol. The van der Waals surface area contributed by atoms with Gasteiger partial charge in [0.2, 0.25) is 11.8 Å². The molecule has 0 aromatic heterocycles. The lowest BCUT2D eigenvalue weighted by molar-refractivity contribution is -0.129. The van der Waals surface area contributed by atoms with Crippen molar-refractivity contribution in [2.45, 2.75) is 32.7 Å². The summed E-state index contributed by atoms with van der Waals surface area (Å²) in [6, 6.07) is 23.5. The highest BCUT2D eigenvalue weighted by molar-refractivity contribution is 5.89. The molecule has 31 heavy (non-hydrogen) atoms. The first-order valence-electron chi connectivity index (χ1n) is 10.9. The van der Waals surface area contributed by atoms with E-state index in [1.807, 2.05) is 86.6 Å². The first kappa shape index (κ1) is 22.3. The SMILES string of the molecule is CC(C)C(NC(=O)Cc1ccc2ccccc2c1)C(=O)NCCCNc1ccccc1. The second kappa shape index (κ2) is 11.2. The molecule has 0 fully saturated rings. The van der Waals surface area contributed by atoms with Crippen LogP contribution < -0.4 is 16.0 Å². The standard InChI is InChI=1S/C26H31N3O2/c1-19(2)25(26(31)28-16-8-15-27-23-11-4-3-5-12-23)29-24(30)18-20-13-14-21-9-6-7-10-22(21)17-20/h3-7,9-14,17,19,25,27H,8,15-16,18H2,1-2H3,(H,28,31)(H,29,30). The van der Waals surface area contributed by atoms with Crippen LogP contribution in [0.25, 0.3) is 10.8 Å². The Kier molecular flexibility index (Phi) is 8.05. The number of benzene rings is 3. The maximum atomic E-state index is 12.6. The quantitative estimate of drug-likeness (QED) is 0.434. The van der Waals surface area contributed by atoms with Crippen LogP contribution in [0, 0.1) is 5.92 Å². The highest BCUT2D eigenvalue weighted by atomic mass is 16.2. The molecular weight excluding hydrogens is 386 g/mol. The Balaban J connectivity index is 1.46. The van der Waals surface area contributed by atoms with E-state index in [1.54, 1.807) is 0 Å². The van der Waals surface area contributed by atoms with Crippen molar-refractivity contribution in [2.24, 2.45) is 5.92 Å². The van der Waals surface area contributed by atoms with Crippen LogP contribution in [-0.4, -0.2) is 30.9 Å². The van der Waals surface area contributed by atoms with Gasteiger partial charge in [-0.05, 0) is 40.8 Å². The second-order valence-corrected chi connectivity index (χ2v) is 8.08. The molecule has 162 valence electrons. The molecule has 0 aliphatic heterocycles. The van der Waals surface area contributed by atoms with Crippen LogP contribution >= 0.6 is 0 Å². The van der Waals surface area contributed by atoms with Crippen molar-refractivity contribution in [2.75, 3.05) is 18.4 Å². The minimum atomic E-state index is -0.546. The first-order valence-corrected chi connectivity index (χ1v) is 10.9. The molecule has 3 aromatic rings. The van der Waals surface area contributed by atoms with E-state index in [4.69, 9.17) is 0 Å². The lowest BCUT2D eigenvalue weighted by Gasteiger charge is -2.22. The predicted molar refractivity (Wildman–Crippen MR) is 127 cm³/mol. The van der Waals surface area contributed by atoms with E-state index in [2.05, 4.69) is 16.0 Å². The van der Waals surface area contributed by atoms with Crippen LogP contribution in [-0.2, 0) is 16.0 Å². The van der Waals surface area contributed by atoms with Gasteiger partial charge in [0.25, 0.3) is 0 Å². The molecule has 5 nitrogen and oxygen atoms in total. The summed E-state index contributed by atoms with van der Waals surface area (Å²) < 4.78 is 0. The zero-order valence-corrected chi connectivity index (χ0v) is 18.2. The Bertz CT molecular complexity index is 1000. The van der Waals surface area contributed by atoms with Crippen LogP contribution in [0.2, 0.25) is 0 Å². The number of rotatable bonds is 10. The van der Waals surface area contributed by atoms with Gasteiger partial charge >= 0.3 is 0 Å². The molecule has 0 saturated carbocycles. The third kappa shape index (κ3) is 6.85. The Labute approximate surface area is 184 Å². The summed E-state index contributed by atoms with van der Waals surface area (Å²) in [5.41, 5.74) is 2.00. The molecule has 0 bridgehead atoms. The van der Waals surface area contributed by atoms with E-state index in [9.17, 15) is 9.59 Å². The van der Waals surface area contributed by atoms with Crippen molar-refractivity contribution in [3.8, 4) is 0 Å². The minimum Gasteiger partial charge on any atom is -0.385 e. The molecular formula is C26H31N3O2. The van der Waals surface area contributed by atoms with Gasteiger partial charge in [0, 0.05) is 18.8 Å². The van der Waals surface area contributed by atoms with Gasteiger partial charge in [-0.15, -0.1) is 0 Å². The summed E-state index contributed by atoms with van der Waals surface area (Å²) in [6.45, 7) is 5.21. The molecule has 0 aliphatic rings. The van der Waals surface area contributed by atoms with E-state index in [1.165, 1.54) is 0 Å². The molecule has 0 radical (unpaired) electrons. The highest BCUT2D eigenvalue weighted by Gasteiger charge is 2.23. The van der Waals surface area contributed by atoms with E-state index in [0.717, 1.165) is 35.0 Å². The fourth-order valence-corrected chi connectivity index (χ4v) is 3.49. The van der Waals surface area contributed by atoms with Crippen LogP contribution in [0.15, 0.2) is 72.8 Å². The van der Waals surface area contributed by atoms with Gasteiger partial charge in [-0.3, -0.25) is 9.59 Å². The van der Waals surface area contributed by atoms with Crippen molar-refractivity contribution < 1.29 is 9.59 Å². The van der Waals surface area contributed by atoms with Crippen LogP contribution in [0.3, 0.4) is 0 Å². The van der Waals surface area contributed by atoms with Gasteiger partial charge in [0.15, 0.2) is 0 Å². The molecule has 3 rings (SSSR count). The summed E-state index contributed by atoms with van der Waals surface area (Å²) in [7, 11) is 0. The van der Waals surface area contributed by atoms with Crippen molar-refractivity contribution >= 4 is 28.3 Å². The fourth-order valence-electron chi connectivity index (χ4n) is 3.49. The first-order chi connectivity index (χ1) is 15.0. The number of para-hydroxylation sites is 1. The van der Waals surface area contributed by atoms with Gasteiger partial charge in [0.05, 0.1) is 6.42 Å². The van der Waals surface area contributed by atoms with Crippen molar-refractivity contribution in [1.82, 2.24) is 10.6 Å². The summed E-state index contributed by atoms with van der Waals surface area (Å²) in [5, 5.41) is 11.4. The fraction of sp³-hybridized carbons (Fsp3) is 0.308. The predicted octanol–water partition coefficient (Wildman–Crippen LogP) is 4.14. The zero-order valence-electron chi connectivity index (χ0n) is 18.2. The van der Waals surface area contributed by atoms with Gasteiger partial charge in [0.1, 0.15) is 6.04 Å². The van der Waals surface area contributed by atoms with Crippen LogP contribution in [0.4, 0.5) is 5.69 Å². The Morgan fingerprint density at radius 2 is 1.55 bits per heavy atom. The smallest absolute Gasteiger partial charge is 0.242 e. The van der Waals surface area contributed by atoms with Crippen molar-refractivity contribution in [3.05, 3.63) is 78.4 Å². The van der Waals surface area contributed by atoms with E-state index in [-0.39, 0.29) is 24.2 Å². The average Bonchev–Trinajstić information content (AvgIpc) is 2.77. The zero-order chi connectivity index (χ0) is 22.1. The highest BCUT2D eigenvalue weighted by Crippen LogP contribution is 2.16. The van der Waals surface area contributed by atoms with E-state index in [0.29, 0.717) is 6.54 Å². The lowest BCUT2D eigenvalue weighted by Crippen LogP contribution is -2.50. The van der Waals surface area contributed by atoms with E-state index < -0.39 is 6.04 Å². The molecule has 3 N–H and O–H groups in total. The molecule has 0 spiro atoms. The van der Waals surface area contributed by atoms with Gasteiger partial charge in [-0.2, -0.15) is 0 Å². The van der Waals surface area contributed by atoms with Gasteiger partial charge in [-0.1, -0.05) is 74.5 Å². The largest absolute Gasteiger partial charge is 0.385 e. The number of anilines is 1. The molecule has 0 heterocycles. The maximum absolute atomic E-state index is 12.6. The Hall–Kier alpha value is -3.34. The number of hydrogen-bond donors (Lipinski definition) is 3. The number of fused-ring (bicyclic) bond motifs is 1. The monoisotopic (exact) mass is 417 g/mol. The molecule has 1 atom stereocenters. The second-order valence-electron chi connectivity index (χ2n) is 8.08. The number of hydrogen-bond acceptors (Lipinski definition) is 3. The lowest BCUT2D eigenvalue weighted by atomic mass is 10.0. The number of carbonyl (C=O) groups excluding carboxylic acids is 2. The van der Waals surface area contributed by atoms with E-state index >= 15 is 0 Å². The number of amides is 2. The molecule has 0 aliphatic carbocycles. The minimum absolute atomic E-state index is 0.00278. The number of carbonyl (C=O) groups is 2. The van der Waals surface area contributed by atoms with Gasteiger partial charge < -0.3 is 16.0 Å². The topological polar surface area (TPSA) is 70.2 Å². The van der Waals surface area contributed by atoms with Gasteiger partial charge in [-0.25, -0.2) is 0 Å². The molecule has 2 amide bonds. The summed E-state index contributed by atoms with van der Waals surface area (Å²) in [4.78, 5) is 25.2. The normalized spacial score (nSPS) is 11.8. The van der Waals surface area contributed by atoms with Crippen LogP contribution in [0.5, 0.6) is 0 Å². The molecule has 1 unspecified atom stereocenters. The summed E-state index contributed by atoms with van der Waals surface area (Å²) in [6.07, 6.45) is 1.05. The third-order valence-electron chi connectivity index (χ3n) is 5.20. The molecule has 0 saturated heterocycles. The van der Waals surface area contributed by atoms with Crippen LogP contribution in [0.1, 0.15) is 25.8 Å². The molecule has 3 aromatic carbocycles. The van der Waals surface area contributed by atoms with Crippen molar-refractivity contribution in [1.29, 1.82) is 0 Å².